The summed E-state index contributed by atoms with van der Waals surface area (Å²) in [6.07, 6.45) is 5.48. The van der Waals surface area contributed by atoms with Gasteiger partial charge < -0.3 is 9.47 Å². The molecule has 3 rings (SSSR count). The Kier molecular flexibility index (Phi) is 4.01. The quantitative estimate of drug-likeness (QED) is 0.476. The third kappa shape index (κ3) is 2.23. The Morgan fingerprint density at radius 3 is 2.82 bits per heavy atom. The molecular weight excluding hydrogens is 280 g/mol. The molecule has 0 unspecified atom stereocenters. The van der Waals surface area contributed by atoms with Crippen LogP contribution in [0.1, 0.15) is 18.9 Å². The fourth-order valence-electron chi connectivity index (χ4n) is 3.55. The van der Waals surface area contributed by atoms with E-state index in [1.54, 1.807) is 6.92 Å². The highest BCUT2D eigenvalue weighted by atomic mass is 16.6. The van der Waals surface area contributed by atoms with Gasteiger partial charge in [0.05, 0.1) is 13.2 Å². The summed E-state index contributed by atoms with van der Waals surface area (Å²) in [7, 11) is 0. The lowest BCUT2D eigenvalue weighted by molar-refractivity contribution is -0.168. The number of aryl methyl sites for hydroxylation is 1. The molecule has 1 aliphatic heterocycles. The summed E-state index contributed by atoms with van der Waals surface area (Å²) >= 11 is 0. The number of benzene rings is 1. The first-order valence-corrected chi connectivity index (χ1v) is 7.76. The number of rotatable bonds is 5. The number of carbonyl (C=O) groups is 2. The van der Waals surface area contributed by atoms with E-state index < -0.39 is 17.4 Å². The van der Waals surface area contributed by atoms with Crippen molar-refractivity contribution in [2.75, 3.05) is 13.2 Å². The third-order valence-electron chi connectivity index (χ3n) is 4.68. The van der Waals surface area contributed by atoms with Crippen LogP contribution in [0.5, 0.6) is 0 Å². The van der Waals surface area contributed by atoms with Crippen molar-refractivity contribution in [1.82, 2.24) is 0 Å². The van der Waals surface area contributed by atoms with E-state index in [4.69, 9.17) is 9.47 Å². The number of hydrogen-bond acceptors (Lipinski definition) is 4. The molecule has 1 aliphatic carbocycles. The standard InChI is InChI=1S/C18H20O4/c1-2-21-16(19)18-14(9-8-13-6-4-3-5-7-13)10-11-15(18)12-22-17(18)20/h3-7,10-11,14-15H,2,8-9,12H2,1H3/t14-,15-,18-/m0/s1. The molecule has 1 heterocycles. The minimum Gasteiger partial charge on any atom is -0.465 e. The van der Waals surface area contributed by atoms with Crippen molar-refractivity contribution in [1.29, 1.82) is 0 Å². The van der Waals surface area contributed by atoms with E-state index in [0.717, 1.165) is 12.8 Å². The first-order valence-electron chi connectivity index (χ1n) is 7.76. The van der Waals surface area contributed by atoms with Crippen LogP contribution in [-0.2, 0) is 25.5 Å². The minimum atomic E-state index is -1.16. The first-order chi connectivity index (χ1) is 10.7. The summed E-state index contributed by atoms with van der Waals surface area (Å²) < 4.78 is 10.4. The summed E-state index contributed by atoms with van der Waals surface area (Å²) in [6.45, 7) is 2.30. The second kappa shape index (κ2) is 5.95. The summed E-state index contributed by atoms with van der Waals surface area (Å²) in [5, 5.41) is 0. The van der Waals surface area contributed by atoms with Gasteiger partial charge in [-0.2, -0.15) is 0 Å². The number of hydrogen-bond donors (Lipinski definition) is 0. The van der Waals surface area contributed by atoms with Crippen LogP contribution in [0, 0.1) is 17.3 Å². The van der Waals surface area contributed by atoms with Crippen molar-refractivity contribution in [2.45, 2.75) is 19.8 Å². The highest BCUT2D eigenvalue weighted by molar-refractivity contribution is 6.03. The van der Waals surface area contributed by atoms with E-state index in [9.17, 15) is 9.59 Å². The number of carbonyl (C=O) groups excluding carboxylic acids is 2. The first kappa shape index (κ1) is 14.8. The average Bonchev–Trinajstić information content (AvgIpc) is 3.06. The van der Waals surface area contributed by atoms with E-state index in [0.29, 0.717) is 0 Å². The largest absolute Gasteiger partial charge is 0.465 e. The zero-order chi connectivity index (χ0) is 15.6. The van der Waals surface area contributed by atoms with Gasteiger partial charge in [0.25, 0.3) is 0 Å². The van der Waals surface area contributed by atoms with Gasteiger partial charge in [0.1, 0.15) is 0 Å². The molecule has 0 spiro atoms. The maximum absolute atomic E-state index is 12.5. The molecule has 0 N–H and O–H groups in total. The van der Waals surface area contributed by atoms with Gasteiger partial charge >= 0.3 is 11.9 Å². The fourth-order valence-corrected chi connectivity index (χ4v) is 3.55. The number of ether oxygens (including phenoxy) is 2. The van der Waals surface area contributed by atoms with Gasteiger partial charge in [-0.15, -0.1) is 0 Å². The zero-order valence-corrected chi connectivity index (χ0v) is 12.7. The van der Waals surface area contributed by atoms with Crippen LogP contribution < -0.4 is 0 Å². The maximum atomic E-state index is 12.5. The predicted octanol–water partition coefficient (Wildman–Crippen LogP) is 2.53. The van der Waals surface area contributed by atoms with Crippen LogP contribution in [0.2, 0.25) is 0 Å². The molecule has 4 heteroatoms. The van der Waals surface area contributed by atoms with E-state index in [-0.39, 0.29) is 25.0 Å². The molecule has 3 atom stereocenters. The number of esters is 2. The van der Waals surface area contributed by atoms with Crippen LogP contribution in [0.3, 0.4) is 0 Å². The molecule has 2 aliphatic rings. The molecule has 4 nitrogen and oxygen atoms in total. The molecule has 0 amide bonds. The SMILES string of the molecule is CCOC(=O)[C@@]12C(=O)OC[C@@H]1C=C[C@@H]2CCc1ccccc1. The summed E-state index contributed by atoms with van der Waals surface area (Å²) in [5.74, 6) is -1.23. The van der Waals surface area contributed by atoms with Gasteiger partial charge in [0.2, 0.25) is 0 Å². The van der Waals surface area contributed by atoms with Gasteiger partial charge in [-0.25, -0.2) is 0 Å². The monoisotopic (exact) mass is 300 g/mol. The van der Waals surface area contributed by atoms with Crippen molar-refractivity contribution in [2.24, 2.45) is 17.3 Å². The molecule has 0 radical (unpaired) electrons. The van der Waals surface area contributed by atoms with Gasteiger partial charge in [0, 0.05) is 11.8 Å². The number of fused-ring (bicyclic) bond motifs is 1. The molecule has 0 aromatic heterocycles. The lowest BCUT2D eigenvalue weighted by Gasteiger charge is -2.29. The Bertz CT molecular complexity index is 592. The molecule has 0 bridgehead atoms. The molecule has 1 saturated heterocycles. The molecule has 116 valence electrons. The molecule has 1 fully saturated rings. The van der Waals surface area contributed by atoms with Crippen molar-refractivity contribution in [3.05, 3.63) is 48.0 Å². The van der Waals surface area contributed by atoms with E-state index >= 15 is 0 Å². The smallest absolute Gasteiger partial charge is 0.324 e. The number of cyclic esters (lactones) is 1. The van der Waals surface area contributed by atoms with Crippen LogP contribution >= 0.6 is 0 Å². The minimum absolute atomic E-state index is 0.160. The van der Waals surface area contributed by atoms with Crippen molar-refractivity contribution in [3.63, 3.8) is 0 Å². The Hall–Kier alpha value is -2.10. The molecule has 0 saturated carbocycles. The molecular formula is C18H20O4. The highest BCUT2D eigenvalue weighted by Gasteiger charge is 2.64. The van der Waals surface area contributed by atoms with Crippen LogP contribution in [0.25, 0.3) is 0 Å². The zero-order valence-electron chi connectivity index (χ0n) is 12.7. The van der Waals surface area contributed by atoms with Gasteiger partial charge in [-0.3, -0.25) is 9.59 Å². The van der Waals surface area contributed by atoms with Crippen LogP contribution in [-0.4, -0.2) is 25.2 Å². The van der Waals surface area contributed by atoms with Crippen molar-refractivity contribution >= 4 is 11.9 Å². The van der Waals surface area contributed by atoms with Crippen molar-refractivity contribution in [3.8, 4) is 0 Å². The number of allylic oxidation sites excluding steroid dienone is 1. The Morgan fingerprint density at radius 2 is 2.09 bits per heavy atom. The van der Waals surface area contributed by atoms with Gasteiger partial charge in [0.15, 0.2) is 5.41 Å². The Labute approximate surface area is 130 Å². The Balaban J connectivity index is 1.81. The van der Waals surface area contributed by atoms with Gasteiger partial charge in [-0.05, 0) is 25.3 Å². The molecule has 1 aromatic rings. The van der Waals surface area contributed by atoms with E-state index in [1.165, 1.54) is 5.56 Å². The third-order valence-corrected chi connectivity index (χ3v) is 4.68. The summed E-state index contributed by atoms with van der Waals surface area (Å²) in [4.78, 5) is 24.9. The summed E-state index contributed by atoms with van der Waals surface area (Å²) in [6, 6.07) is 10.1. The molecule has 22 heavy (non-hydrogen) atoms. The second-order valence-corrected chi connectivity index (χ2v) is 5.81. The lowest BCUT2D eigenvalue weighted by atomic mass is 9.70. The predicted molar refractivity (Wildman–Crippen MR) is 80.9 cm³/mol. The normalized spacial score (nSPS) is 29.2. The second-order valence-electron chi connectivity index (χ2n) is 5.81. The molecule has 1 aromatic carbocycles. The van der Waals surface area contributed by atoms with E-state index in [2.05, 4.69) is 12.1 Å². The highest BCUT2D eigenvalue weighted by Crippen LogP contribution is 2.51. The summed E-state index contributed by atoms with van der Waals surface area (Å²) in [5.41, 5.74) is 0.0369. The fraction of sp³-hybridized carbons (Fsp3) is 0.444. The maximum Gasteiger partial charge on any atom is 0.324 e. The van der Waals surface area contributed by atoms with Crippen LogP contribution in [0.4, 0.5) is 0 Å². The lowest BCUT2D eigenvalue weighted by Crippen LogP contribution is -2.45. The van der Waals surface area contributed by atoms with E-state index in [1.807, 2.05) is 30.4 Å². The average molecular weight is 300 g/mol. The Morgan fingerprint density at radius 1 is 1.32 bits per heavy atom. The van der Waals surface area contributed by atoms with Crippen LogP contribution in [0.15, 0.2) is 42.5 Å². The van der Waals surface area contributed by atoms with Gasteiger partial charge in [-0.1, -0.05) is 42.5 Å². The van der Waals surface area contributed by atoms with Crippen molar-refractivity contribution < 1.29 is 19.1 Å². The topological polar surface area (TPSA) is 52.6 Å².